The second-order valence-electron chi connectivity index (χ2n) is 5.07. The summed E-state index contributed by atoms with van der Waals surface area (Å²) in [6.07, 6.45) is 0. The van der Waals surface area contributed by atoms with Crippen LogP contribution >= 0.6 is 27.3 Å². The quantitative estimate of drug-likeness (QED) is 0.648. The lowest BCUT2D eigenvalue weighted by Gasteiger charge is -2.04. The first-order valence-electron chi connectivity index (χ1n) is 7.34. The number of amides is 1. The van der Waals surface area contributed by atoms with Crippen LogP contribution in [0.3, 0.4) is 0 Å². The fraction of sp³-hybridized carbons (Fsp3) is 0.111. The lowest BCUT2D eigenvalue weighted by molar-refractivity contribution is -0.121. The molecule has 0 atom stereocenters. The van der Waals surface area contributed by atoms with Crippen molar-refractivity contribution in [2.24, 2.45) is 0 Å². The third-order valence-corrected chi connectivity index (χ3v) is 4.52. The number of halogens is 1. The second kappa shape index (κ2) is 8.19. The highest BCUT2D eigenvalue weighted by Gasteiger charge is 2.08. The fourth-order valence-corrected chi connectivity index (χ4v) is 3.08. The monoisotopic (exact) mass is 402 g/mol. The zero-order valence-electron chi connectivity index (χ0n) is 12.7. The van der Waals surface area contributed by atoms with Gasteiger partial charge in [0.05, 0.1) is 12.3 Å². The smallest absolute Gasteiger partial charge is 0.252 e. The predicted octanol–water partition coefficient (Wildman–Crippen LogP) is 4.73. The first-order valence-corrected chi connectivity index (χ1v) is 9.01. The van der Waals surface area contributed by atoms with E-state index in [0.717, 1.165) is 21.3 Å². The number of rotatable bonds is 6. The standard InChI is InChI=1S/C18H15BrN2O2S/c19-15-8-6-14(7-9-15)16-12-24-18(20-16)21-17(22)11-23-10-13-4-2-1-3-5-13/h1-9,12H,10-11H2,(H,20,21,22). The van der Waals surface area contributed by atoms with Crippen LogP contribution in [-0.2, 0) is 16.1 Å². The number of ether oxygens (including phenoxy) is 1. The molecule has 0 aliphatic heterocycles. The lowest BCUT2D eigenvalue weighted by Crippen LogP contribution is -2.18. The van der Waals surface area contributed by atoms with Crippen molar-refractivity contribution in [3.8, 4) is 11.3 Å². The molecular formula is C18H15BrN2O2S. The first kappa shape index (κ1) is 16.8. The molecule has 24 heavy (non-hydrogen) atoms. The highest BCUT2D eigenvalue weighted by Crippen LogP contribution is 2.26. The van der Waals surface area contributed by atoms with Crippen molar-refractivity contribution in [2.75, 3.05) is 11.9 Å². The molecule has 1 amide bonds. The van der Waals surface area contributed by atoms with Gasteiger partial charge in [-0.05, 0) is 17.7 Å². The van der Waals surface area contributed by atoms with E-state index in [1.807, 2.05) is 60.0 Å². The zero-order valence-corrected chi connectivity index (χ0v) is 15.1. The minimum Gasteiger partial charge on any atom is -0.367 e. The summed E-state index contributed by atoms with van der Waals surface area (Å²) in [5, 5.41) is 5.25. The molecule has 0 spiro atoms. The van der Waals surface area contributed by atoms with Gasteiger partial charge in [0.2, 0.25) is 0 Å². The lowest BCUT2D eigenvalue weighted by atomic mass is 10.2. The number of anilines is 1. The molecule has 1 N–H and O–H groups in total. The maximum Gasteiger partial charge on any atom is 0.252 e. The van der Waals surface area contributed by atoms with Gasteiger partial charge >= 0.3 is 0 Å². The van der Waals surface area contributed by atoms with E-state index in [4.69, 9.17) is 4.74 Å². The van der Waals surface area contributed by atoms with Gasteiger partial charge in [0, 0.05) is 15.4 Å². The Bertz CT molecular complexity index is 803. The maximum atomic E-state index is 11.9. The summed E-state index contributed by atoms with van der Waals surface area (Å²) >= 11 is 4.80. The van der Waals surface area contributed by atoms with Gasteiger partial charge in [-0.2, -0.15) is 0 Å². The zero-order chi connectivity index (χ0) is 16.8. The van der Waals surface area contributed by atoms with Crippen molar-refractivity contribution >= 4 is 38.3 Å². The number of nitrogens with zero attached hydrogens (tertiary/aromatic N) is 1. The average molecular weight is 403 g/mol. The normalized spacial score (nSPS) is 10.5. The number of benzene rings is 2. The van der Waals surface area contributed by atoms with Crippen LogP contribution in [0.4, 0.5) is 5.13 Å². The van der Waals surface area contributed by atoms with Gasteiger partial charge in [0.1, 0.15) is 6.61 Å². The molecule has 2 aromatic carbocycles. The van der Waals surface area contributed by atoms with E-state index in [1.54, 1.807) is 0 Å². The van der Waals surface area contributed by atoms with Gasteiger partial charge in [0.15, 0.2) is 5.13 Å². The SMILES string of the molecule is O=C(COCc1ccccc1)Nc1nc(-c2ccc(Br)cc2)cs1. The van der Waals surface area contributed by atoms with E-state index >= 15 is 0 Å². The van der Waals surface area contributed by atoms with E-state index in [9.17, 15) is 4.79 Å². The van der Waals surface area contributed by atoms with Crippen LogP contribution in [0.25, 0.3) is 11.3 Å². The Labute approximate surface area is 152 Å². The van der Waals surface area contributed by atoms with E-state index in [2.05, 4.69) is 26.2 Å². The van der Waals surface area contributed by atoms with Gasteiger partial charge in [-0.3, -0.25) is 10.1 Å². The van der Waals surface area contributed by atoms with Crippen molar-refractivity contribution in [3.63, 3.8) is 0 Å². The van der Waals surface area contributed by atoms with Crippen molar-refractivity contribution in [1.82, 2.24) is 4.98 Å². The van der Waals surface area contributed by atoms with Crippen molar-refractivity contribution in [2.45, 2.75) is 6.61 Å². The first-order chi connectivity index (χ1) is 11.7. The van der Waals surface area contributed by atoms with Crippen molar-refractivity contribution < 1.29 is 9.53 Å². The molecular weight excluding hydrogens is 388 g/mol. The van der Waals surface area contributed by atoms with Crippen LogP contribution in [0.5, 0.6) is 0 Å². The van der Waals surface area contributed by atoms with E-state index in [-0.39, 0.29) is 12.5 Å². The average Bonchev–Trinajstić information content (AvgIpc) is 3.05. The molecule has 4 nitrogen and oxygen atoms in total. The Balaban J connectivity index is 1.51. The fourth-order valence-electron chi connectivity index (χ4n) is 2.08. The van der Waals surface area contributed by atoms with Crippen LogP contribution in [0.15, 0.2) is 64.5 Å². The highest BCUT2D eigenvalue weighted by molar-refractivity contribution is 9.10. The Morgan fingerprint density at radius 1 is 1.12 bits per heavy atom. The van der Waals surface area contributed by atoms with Crippen LogP contribution in [0.2, 0.25) is 0 Å². The molecule has 6 heteroatoms. The molecule has 0 fully saturated rings. The van der Waals surface area contributed by atoms with Crippen LogP contribution in [0, 0.1) is 0 Å². The highest BCUT2D eigenvalue weighted by atomic mass is 79.9. The molecule has 0 aliphatic rings. The van der Waals surface area contributed by atoms with Crippen molar-refractivity contribution in [1.29, 1.82) is 0 Å². The molecule has 0 radical (unpaired) electrons. The number of hydrogen-bond acceptors (Lipinski definition) is 4. The summed E-state index contributed by atoms with van der Waals surface area (Å²) in [4.78, 5) is 16.3. The minimum atomic E-state index is -0.206. The molecule has 122 valence electrons. The van der Waals surface area contributed by atoms with Gasteiger partial charge in [0.25, 0.3) is 5.91 Å². The summed E-state index contributed by atoms with van der Waals surface area (Å²) in [7, 11) is 0. The summed E-state index contributed by atoms with van der Waals surface area (Å²) in [6.45, 7) is 0.415. The molecule has 3 rings (SSSR count). The molecule has 1 aromatic heterocycles. The number of hydrogen-bond donors (Lipinski definition) is 1. The van der Waals surface area contributed by atoms with E-state index < -0.39 is 0 Å². The Hall–Kier alpha value is -2.02. The number of aromatic nitrogens is 1. The molecule has 0 saturated carbocycles. The maximum absolute atomic E-state index is 11.9. The Morgan fingerprint density at radius 3 is 2.62 bits per heavy atom. The summed E-state index contributed by atoms with van der Waals surface area (Å²) in [6, 6.07) is 17.6. The molecule has 1 heterocycles. The van der Waals surface area contributed by atoms with E-state index in [0.29, 0.717) is 11.7 Å². The van der Waals surface area contributed by atoms with Crippen LogP contribution < -0.4 is 5.32 Å². The third kappa shape index (κ3) is 4.74. The molecule has 0 unspecified atom stereocenters. The molecule has 3 aromatic rings. The number of carbonyl (C=O) groups is 1. The van der Waals surface area contributed by atoms with Gasteiger partial charge in [-0.25, -0.2) is 4.98 Å². The number of nitrogens with one attached hydrogen (secondary N) is 1. The van der Waals surface area contributed by atoms with Gasteiger partial charge < -0.3 is 4.74 Å². The second-order valence-corrected chi connectivity index (χ2v) is 6.85. The summed E-state index contributed by atoms with van der Waals surface area (Å²) in [5.41, 5.74) is 2.89. The van der Waals surface area contributed by atoms with Crippen LogP contribution in [-0.4, -0.2) is 17.5 Å². The summed E-state index contributed by atoms with van der Waals surface area (Å²) in [5.74, 6) is -0.206. The molecule has 0 bridgehead atoms. The van der Waals surface area contributed by atoms with E-state index in [1.165, 1.54) is 11.3 Å². The molecule has 0 aliphatic carbocycles. The minimum absolute atomic E-state index is 0.00207. The third-order valence-electron chi connectivity index (χ3n) is 3.24. The molecule has 0 saturated heterocycles. The van der Waals surface area contributed by atoms with Gasteiger partial charge in [-0.1, -0.05) is 58.4 Å². The largest absolute Gasteiger partial charge is 0.367 e. The topological polar surface area (TPSA) is 51.2 Å². The number of carbonyl (C=O) groups excluding carboxylic acids is 1. The Kier molecular flexibility index (Phi) is 5.74. The number of thiazole rings is 1. The Morgan fingerprint density at radius 2 is 1.88 bits per heavy atom. The summed E-state index contributed by atoms with van der Waals surface area (Å²) < 4.78 is 6.44. The van der Waals surface area contributed by atoms with Gasteiger partial charge in [-0.15, -0.1) is 11.3 Å². The van der Waals surface area contributed by atoms with Crippen LogP contribution in [0.1, 0.15) is 5.56 Å². The predicted molar refractivity (Wildman–Crippen MR) is 100.0 cm³/mol. The van der Waals surface area contributed by atoms with Crippen molar-refractivity contribution in [3.05, 3.63) is 70.0 Å².